The van der Waals surface area contributed by atoms with Crippen LogP contribution in [0.1, 0.15) is 45.1 Å². The van der Waals surface area contributed by atoms with Crippen molar-refractivity contribution in [3.8, 4) is 0 Å². The van der Waals surface area contributed by atoms with Gasteiger partial charge in [0.15, 0.2) is 0 Å². The molecule has 2 N–H and O–H groups in total. The zero-order chi connectivity index (χ0) is 21.9. The zero-order valence-corrected chi connectivity index (χ0v) is 19.8. The number of aryl methyl sites for hydroxylation is 1. The fourth-order valence-corrected chi connectivity index (χ4v) is 6.98. The quantitative estimate of drug-likeness (QED) is 0.353. The average Bonchev–Trinajstić information content (AvgIpc) is 2.66. The maximum absolute atomic E-state index is 10.6. The number of hydrogen-bond donors (Lipinski definition) is 2. The van der Waals surface area contributed by atoms with Crippen molar-refractivity contribution in [2.24, 2.45) is 9.98 Å². The van der Waals surface area contributed by atoms with Gasteiger partial charge in [-0.05, 0) is 79.4 Å². The van der Waals surface area contributed by atoms with Crippen LogP contribution in [0.15, 0.2) is 45.0 Å². The summed E-state index contributed by atoms with van der Waals surface area (Å²) >= 11 is 0. The van der Waals surface area contributed by atoms with Crippen molar-refractivity contribution in [3.05, 3.63) is 40.6 Å². The van der Waals surface area contributed by atoms with Gasteiger partial charge in [0.1, 0.15) is 8.07 Å². The van der Waals surface area contributed by atoms with Crippen LogP contribution in [0.4, 0.5) is 11.4 Å². The molecular weight excluding hydrogens is 390 g/mol. The predicted molar refractivity (Wildman–Crippen MR) is 130 cm³/mol. The highest BCUT2D eigenvalue weighted by atomic mass is 28.3. The van der Waals surface area contributed by atoms with Gasteiger partial charge in [-0.2, -0.15) is 0 Å². The number of rotatable bonds is 8. The number of aliphatic carboxylic acids is 1. The van der Waals surface area contributed by atoms with Crippen molar-refractivity contribution >= 4 is 42.0 Å². The van der Waals surface area contributed by atoms with E-state index in [0.717, 1.165) is 55.0 Å². The number of anilines is 1. The highest BCUT2D eigenvalue weighted by molar-refractivity contribution is 7.01. The van der Waals surface area contributed by atoms with E-state index in [1.54, 1.807) is 0 Å². The summed E-state index contributed by atoms with van der Waals surface area (Å²) in [6.07, 6.45) is 7.22. The van der Waals surface area contributed by atoms with Gasteiger partial charge in [-0.1, -0.05) is 19.5 Å². The number of aliphatic imine (C=N–C) groups is 2. The first-order valence-corrected chi connectivity index (χ1v) is 13.9. The molecule has 1 aromatic carbocycles. The third-order valence-corrected chi connectivity index (χ3v) is 9.44. The second kappa shape index (κ2) is 9.12. The molecule has 0 unspecified atom stereocenters. The molecule has 0 fully saturated rings. The molecule has 1 aliphatic carbocycles. The number of benzene rings is 1. The molecule has 0 atom stereocenters. The monoisotopic (exact) mass is 423 g/mol. The van der Waals surface area contributed by atoms with Crippen LogP contribution in [0.2, 0.25) is 13.1 Å². The van der Waals surface area contributed by atoms with Gasteiger partial charge < -0.3 is 10.4 Å². The Morgan fingerprint density at radius 1 is 1.17 bits per heavy atom. The summed E-state index contributed by atoms with van der Waals surface area (Å²) in [4.78, 5) is 20.5. The number of carboxylic acid groups (broad SMARTS) is 1. The molecule has 6 heteroatoms. The summed E-state index contributed by atoms with van der Waals surface area (Å²) in [7, 11) is -1.90. The van der Waals surface area contributed by atoms with Crippen molar-refractivity contribution in [2.75, 3.05) is 18.4 Å². The van der Waals surface area contributed by atoms with Crippen molar-refractivity contribution < 1.29 is 9.90 Å². The average molecular weight is 424 g/mol. The topological polar surface area (TPSA) is 74.0 Å². The molecule has 2 aliphatic rings. The molecule has 0 amide bonds. The minimum atomic E-state index is -1.90. The van der Waals surface area contributed by atoms with E-state index in [1.165, 1.54) is 21.6 Å². The molecule has 30 heavy (non-hydrogen) atoms. The second-order valence-electron chi connectivity index (χ2n) is 8.69. The molecule has 0 saturated carbocycles. The van der Waals surface area contributed by atoms with Gasteiger partial charge in [0.2, 0.25) is 0 Å². The van der Waals surface area contributed by atoms with E-state index >= 15 is 0 Å². The Morgan fingerprint density at radius 2 is 1.93 bits per heavy atom. The molecule has 0 spiro atoms. The molecule has 0 aromatic heterocycles. The van der Waals surface area contributed by atoms with Gasteiger partial charge in [0.25, 0.3) is 0 Å². The molecule has 160 valence electrons. The third-order valence-electron chi connectivity index (χ3n) is 5.94. The summed E-state index contributed by atoms with van der Waals surface area (Å²) in [5.74, 6) is -0.721. The zero-order valence-electron chi connectivity index (χ0n) is 18.8. The Morgan fingerprint density at radius 3 is 2.63 bits per heavy atom. The first kappa shape index (κ1) is 22.2. The van der Waals surface area contributed by atoms with Gasteiger partial charge >= 0.3 is 5.97 Å². The number of carbonyl (C=O) groups is 1. The number of fused-ring (bicyclic) bond motifs is 2. The van der Waals surface area contributed by atoms with Crippen LogP contribution in [0, 0.1) is 6.92 Å². The van der Waals surface area contributed by atoms with Gasteiger partial charge in [-0.15, -0.1) is 0 Å². The largest absolute Gasteiger partial charge is 0.481 e. The lowest BCUT2D eigenvalue weighted by atomic mass is 10.0. The van der Waals surface area contributed by atoms with Gasteiger partial charge in [0.05, 0.1) is 17.1 Å². The summed E-state index contributed by atoms with van der Waals surface area (Å²) < 4.78 is 0. The first-order chi connectivity index (χ1) is 14.2. The smallest absolute Gasteiger partial charge is 0.303 e. The van der Waals surface area contributed by atoms with E-state index in [2.05, 4.69) is 63.5 Å². The van der Waals surface area contributed by atoms with Crippen molar-refractivity contribution in [1.29, 1.82) is 0 Å². The van der Waals surface area contributed by atoms with Crippen LogP contribution in [-0.2, 0) is 4.79 Å². The Bertz CT molecular complexity index is 971. The van der Waals surface area contributed by atoms with Gasteiger partial charge in [-0.25, -0.2) is 4.99 Å². The number of carboxylic acids is 1. The molecule has 1 aromatic rings. The molecule has 0 bridgehead atoms. The van der Waals surface area contributed by atoms with Gasteiger partial charge in [-0.3, -0.25) is 9.79 Å². The van der Waals surface area contributed by atoms with Crippen LogP contribution < -0.4 is 10.5 Å². The molecule has 0 saturated heterocycles. The third kappa shape index (κ3) is 4.64. The SMILES string of the molecule is CCNc1cc2c(cc1C)N=C1C=C(C)C(=NCCCCCC(=O)O)C=C1[Si]2(C)C. The predicted octanol–water partition coefficient (Wildman–Crippen LogP) is 4.94. The molecule has 3 rings (SSSR count). The lowest BCUT2D eigenvalue weighted by Crippen LogP contribution is -2.49. The van der Waals surface area contributed by atoms with E-state index in [4.69, 9.17) is 15.1 Å². The number of nitrogens with one attached hydrogen (secondary N) is 1. The standard InChI is InChI=1S/C24H33N3O2Si/c1-6-25-18-14-22-20(12-16(18)2)27-21-13-17(3)19(15-23(21)30(22,4)5)26-11-9-7-8-10-24(28)29/h12-15,25H,6-11H2,1-5H3,(H,28,29). The Labute approximate surface area is 180 Å². The normalized spacial score (nSPS) is 18.2. The van der Waals surface area contributed by atoms with E-state index in [1.807, 2.05) is 0 Å². The number of allylic oxidation sites excluding steroid dienone is 4. The lowest BCUT2D eigenvalue weighted by Gasteiger charge is -2.35. The minimum absolute atomic E-state index is 0.243. The summed E-state index contributed by atoms with van der Waals surface area (Å²) in [5.41, 5.74) is 6.84. The van der Waals surface area contributed by atoms with Crippen LogP contribution in [-0.4, -0.2) is 43.7 Å². The maximum atomic E-state index is 10.6. The number of nitrogens with zero attached hydrogens (tertiary/aromatic N) is 2. The van der Waals surface area contributed by atoms with Crippen molar-refractivity contribution in [1.82, 2.24) is 0 Å². The Hall–Kier alpha value is -2.47. The lowest BCUT2D eigenvalue weighted by molar-refractivity contribution is -0.137. The summed E-state index contributed by atoms with van der Waals surface area (Å²) in [6.45, 7) is 12.8. The molecule has 1 heterocycles. The second-order valence-corrected chi connectivity index (χ2v) is 13.0. The van der Waals surface area contributed by atoms with Crippen LogP contribution >= 0.6 is 0 Å². The molecule has 5 nitrogen and oxygen atoms in total. The van der Waals surface area contributed by atoms with Crippen molar-refractivity contribution in [2.45, 2.75) is 59.5 Å². The Kier molecular flexibility index (Phi) is 6.76. The highest BCUT2D eigenvalue weighted by Gasteiger charge is 2.38. The number of unbranched alkanes of at least 4 members (excludes halogenated alkanes) is 2. The van der Waals surface area contributed by atoms with Crippen LogP contribution in [0.3, 0.4) is 0 Å². The van der Waals surface area contributed by atoms with Crippen LogP contribution in [0.5, 0.6) is 0 Å². The van der Waals surface area contributed by atoms with E-state index in [0.29, 0.717) is 0 Å². The fourth-order valence-electron chi connectivity index (χ4n) is 4.15. The molecule has 1 aliphatic heterocycles. The molecule has 0 radical (unpaired) electrons. The highest BCUT2D eigenvalue weighted by Crippen LogP contribution is 2.34. The van der Waals surface area contributed by atoms with Gasteiger partial charge in [0, 0.05) is 25.2 Å². The first-order valence-electron chi connectivity index (χ1n) is 10.9. The molecular formula is C24H33N3O2Si. The summed E-state index contributed by atoms with van der Waals surface area (Å²) in [6, 6.07) is 4.53. The van der Waals surface area contributed by atoms with E-state index in [-0.39, 0.29) is 6.42 Å². The minimum Gasteiger partial charge on any atom is -0.481 e. The van der Waals surface area contributed by atoms with Crippen LogP contribution in [0.25, 0.3) is 0 Å². The van der Waals surface area contributed by atoms with Crippen molar-refractivity contribution in [3.63, 3.8) is 0 Å². The maximum Gasteiger partial charge on any atom is 0.303 e. The Balaban J connectivity index is 1.86. The summed E-state index contributed by atoms with van der Waals surface area (Å²) in [5, 5.41) is 14.9. The van der Waals surface area contributed by atoms with E-state index in [9.17, 15) is 4.79 Å². The fraction of sp³-hybridized carbons (Fsp3) is 0.458. The van der Waals surface area contributed by atoms with E-state index < -0.39 is 14.0 Å². The number of hydrogen-bond acceptors (Lipinski definition) is 4.